The first kappa shape index (κ1) is 14.0. The molecule has 2 amide bonds. The molecule has 1 rings (SSSR count). The number of nitrogens with zero attached hydrogens (tertiary/aromatic N) is 1. The summed E-state index contributed by atoms with van der Waals surface area (Å²) in [4.78, 5) is 24.9. The second kappa shape index (κ2) is 5.49. The van der Waals surface area contributed by atoms with Gasteiger partial charge in [0.2, 0.25) is 11.8 Å². The van der Waals surface area contributed by atoms with Crippen molar-refractivity contribution >= 4 is 11.8 Å². The summed E-state index contributed by atoms with van der Waals surface area (Å²) in [5.41, 5.74) is 5.21. The zero-order chi connectivity index (χ0) is 13.1. The van der Waals surface area contributed by atoms with Crippen LogP contribution in [0.4, 0.5) is 0 Å². The standard InChI is InChI=1S/C12H23N3O2/c1-9(2)7-14-10(16)8-15(3)11(17)12(13)5-4-6-12/h9H,4-8,13H2,1-3H3,(H,14,16). The summed E-state index contributed by atoms with van der Waals surface area (Å²) >= 11 is 0. The fraction of sp³-hybridized carbons (Fsp3) is 0.833. The third-order valence-corrected chi connectivity index (χ3v) is 3.11. The van der Waals surface area contributed by atoms with Crippen molar-refractivity contribution in [1.82, 2.24) is 10.2 Å². The zero-order valence-corrected chi connectivity index (χ0v) is 11.0. The van der Waals surface area contributed by atoms with Gasteiger partial charge in [-0.1, -0.05) is 13.8 Å². The van der Waals surface area contributed by atoms with Crippen molar-refractivity contribution in [2.24, 2.45) is 11.7 Å². The average Bonchev–Trinajstić information content (AvgIpc) is 2.21. The zero-order valence-electron chi connectivity index (χ0n) is 11.0. The van der Waals surface area contributed by atoms with Crippen LogP contribution in [0.5, 0.6) is 0 Å². The Labute approximate surface area is 103 Å². The maximum Gasteiger partial charge on any atom is 0.242 e. The quantitative estimate of drug-likeness (QED) is 0.716. The van der Waals surface area contributed by atoms with E-state index < -0.39 is 5.54 Å². The SMILES string of the molecule is CC(C)CNC(=O)CN(C)C(=O)C1(N)CCC1. The van der Waals surface area contributed by atoms with E-state index in [1.54, 1.807) is 7.05 Å². The lowest BCUT2D eigenvalue weighted by molar-refractivity contribution is -0.141. The third-order valence-electron chi connectivity index (χ3n) is 3.11. The lowest BCUT2D eigenvalue weighted by atomic mass is 9.76. The highest BCUT2D eigenvalue weighted by Gasteiger charge is 2.42. The molecular weight excluding hydrogens is 218 g/mol. The summed E-state index contributed by atoms with van der Waals surface area (Å²) < 4.78 is 0. The molecule has 0 aromatic rings. The van der Waals surface area contributed by atoms with Gasteiger partial charge in [-0.3, -0.25) is 9.59 Å². The normalized spacial score (nSPS) is 17.5. The molecule has 1 aliphatic carbocycles. The summed E-state index contributed by atoms with van der Waals surface area (Å²) in [5, 5.41) is 2.78. The molecule has 0 saturated heterocycles. The molecule has 1 aliphatic rings. The van der Waals surface area contributed by atoms with Crippen molar-refractivity contribution < 1.29 is 9.59 Å². The highest BCUT2D eigenvalue weighted by atomic mass is 16.2. The maximum absolute atomic E-state index is 11.9. The van der Waals surface area contributed by atoms with Crippen molar-refractivity contribution in [3.63, 3.8) is 0 Å². The Kier molecular flexibility index (Phi) is 4.51. The van der Waals surface area contributed by atoms with Gasteiger partial charge in [0, 0.05) is 13.6 Å². The average molecular weight is 241 g/mol. The van der Waals surface area contributed by atoms with Crippen molar-refractivity contribution in [3.8, 4) is 0 Å². The fourth-order valence-corrected chi connectivity index (χ4v) is 1.81. The molecule has 0 aliphatic heterocycles. The summed E-state index contributed by atoms with van der Waals surface area (Å²) in [6.45, 7) is 4.77. The largest absolute Gasteiger partial charge is 0.354 e. The van der Waals surface area contributed by atoms with E-state index >= 15 is 0 Å². The summed E-state index contributed by atoms with van der Waals surface area (Å²) in [5.74, 6) is 0.161. The van der Waals surface area contributed by atoms with E-state index in [2.05, 4.69) is 5.32 Å². The van der Waals surface area contributed by atoms with Gasteiger partial charge in [0.15, 0.2) is 0 Å². The molecule has 17 heavy (non-hydrogen) atoms. The summed E-state index contributed by atoms with van der Waals surface area (Å²) in [6, 6.07) is 0. The Bertz CT molecular complexity index is 298. The van der Waals surface area contributed by atoms with E-state index in [1.807, 2.05) is 13.8 Å². The Morgan fingerprint density at radius 2 is 2.00 bits per heavy atom. The van der Waals surface area contributed by atoms with Crippen molar-refractivity contribution in [1.29, 1.82) is 0 Å². The molecule has 3 N–H and O–H groups in total. The Hall–Kier alpha value is -1.10. The van der Waals surface area contributed by atoms with E-state index in [0.29, 0.717) is 12.5 Å². The number of nitrogens with one attached hydrogen (secondary N) is 1. The van der Waals surface area contributed by atoms with Crippen LogP contribution in [0.1, 0.15) is 33.1 Å². The number of hydrogen-bond acceptors (Lipinski definition) is 3. The highest BCUT2D eigenvalue weighted by molar-refractivity contribution is 5.90. The third kappa shape index (κ3) is 3.70. The molecule has 98 valence electrons. The monoisotopic (exact) mass is 241 g/mol. The Morgan fingerprint density at radius 3 is 2.41 bits per heavy atom. The molecule has 5 nitrogen and oxygen atoms in total. The van der Waals surface area contributed by atoms with Crippen LogP contribution in [0, 0.1) is 5.92 Å². The number of nitrogens with two attached hydrogens (primary N) is 1. The lowest BCUT2D eigenvalue weighted by Crippen LogP contribution is -2.59. The first-order valence-electron chi connectivity index (χ1n) is 6.16. The maximum atomic E-state index is 11.9. The number of carbonyl (C=O) groups excluding carboxylic acids is 2. The van der Waals surface area contributed by atoms with Crippen LogP contribution in [-0.2, 0) is 9.59 Å². The molecule has 1 saturated carbocycles. The topological polar surface area (TPSA) is 75.4 Å². The van der Waals surface area contributed by atoms with Crippen LogP contribution in [0.25, 0.3) is 0 Å². The molecule has 0 radical (unpaired) electrons. The van der Waals surface area contributed by atoms with Gasteiger partial charge < -0.3 is 16.0 Å². The molecule has 0 aromatic carbocycles. The van der Waals surface area contributed by atoms with Crippen LogP contribution < -0.4 is 11.1 Å². The van der Waals surface area contributed by atoms with Gasteiger partial charge in [-0.15, -0.1) is 0 Å². The number of amides is 2. The minimum Gasteiger partial charge on any atom is -0.354 e. The molecule has 0 atom stereocenters. The predicted octanol–water partition coefficient (Wildman–Crippen LogP) is 0.0984. The number of carbonyl (C=O) groups is 2. The molecule has 0 spiro atoms. The minimum absolute atomic E-state index is 0.0878. The molecule has 0 bridgehead atoms. The van der Waals surface area contributed by atoms with E-state index in [9.17, 15) is 9.59 Å². The van der Waals surface area contributed by atoms with Crippen LogP contribution in [-0.4, -0.2) is 42.4 Å². The highest BCUT2D eigenvalue weighted by Crippen LogP contribution is 2.30. The van der Waals surface area contributed by atoms with Crippen molar-refractivity contribution in [2.75, 3.05) is 20.1 Å². The van der Waals surface area contributed by atoms with Gasteiger partial charge in [0.25, 0.3) is 0 Å². The summed E-state index contributed by atoms with van der Waals surface area (Å²) in [7, 11) is 1.63. The molecule has 0 heterocycles. The minimum atomic E-state index is -0.715. The smallest absolute Gasteiger partial charge is 0.242 e. The van der Waals surface area contributed by atoms with E-state index in [1.165, 1.54) is 4.90 Å². The van der Waals surface area contributed by atoms with Gasteiger partial charge in [0.05, 0.1) is 12.1 Å². The van der Waals surface area contributed by atoms with Gasteiger partial charge in [-0.25, -0.2) is 0 Å². The van der Waals surface area contributed by atoms with Gasteiger partial charge in [0.1, 0.15) is 0 Å². The van der Waals surface area contributed by atoms with Gasteiger partial charge in [-0.2, -0.15) is 0 Å². The van der Waals surface area contributed by atoms with Crippen molar-refractivity contribution in [2.45, 2.75) is 38.6 Å². The molecule has 0 unspecified atom stereocenters. The van der Waals surface area contributed by atoms with Crippen LogP contribution >= 0.6 is 0 Å². The fourth-order valence-electron chi connectivity index (χ4n) is 1.81. The number of likely N-dealkylation sites (N-methyl/N-ethyl adjacent to an activating group) is 1. The Balaban J connectivity index is 2.35. The number of hydrogen-bond donors (Lipinski definition) is 2. The second-order valence-corrected chi connectivity index (χ2v) is 5.37. The first-order chi connectivity index (χ1) is 7.85. The van der Waals surface area contributed by atoms with Crippen LogP contribution in [0.3, 0.4) is 0 Å². The lowest BCUT2D eigenvalue weighted by Gasteiger charge is -2.39. The van der Waals surface area contributed by atoms with E-state index in [-0.39, 0.29) is 18.4 Å². The van der Waals surface area contributed by atoms with Crippen molar-refractivity contribution in [3.05, 3.63) is 0 Å². The van der Waals surface area contributed by atoms with Gasteiger partial charge in [-0.05, 0) is 25.2 Å². The van der Waals surface area contributed by atoms with Gasteiger partial charge >= 0.3 is 0 Å². The van der Waals surface area contributed by atoms with E-state index in [4.69, 9.17) is 5.73 Å². The Morgan fingerprint density at radius 1 is 1.41 bits per heavy atom. The van der Waals surface area contributed by atoms with Crippen LogP contribution in [0.15, 0.2) is 0 Å². The number of rotatable bonds is 5. The molecular formula is C12H23N3O2. The molecule has 5 heteroatoms. The van der Waals surface area contributed by atoms with Crippen LogP contribution in [0.2, 0.25) is 0 Å². The summed E-state index contributed by atoms with van der Waals surface area (Å²) in [6.07, 6.45) is 2.45. The predicted molar refractivity (Wildman–Crippen MR) is 66.3 cm³/mol. The second-order valence-electron chi connectivity index (χ2n) is 5.37. The molecule has 1 fully saturated rings. The first-order valence-corrected chi connectivity index (χ1v) is 6.16. The van der Waals surface area contributed by atoms with E-state index in [0.717, 1.165) is 19.3 Å². The molecule has 0 aromatic heterocycles.